The van der Waals surface area contributed by atoms with E-state index in [1.54, 1.807) is 0 Å². The predicted octanol–water partition coefficient (Wildman–Crippen LogP) is 1.28. The van der Waals surface area contributed by atoms with Gasteiger partial charge in [-0.15, -0.1) is 10.2 Å². The highest BCUT2D eigenvalue weighted by molar-refractivity contribution is 7.16. The molecule has 1 heterocycles. The van der Waals surface area contributed by atoms with Crippen molar-refractivity contribution in [1.82, 2.24) is 15.5 Å². The van der Waals surface area contributed by atoms with Crippen molar-refractivity contribution in [2.75, 3.05) is 5.73 Å². The molecule has 0 saturated heterocycles. The molecule has 0 aromatic carbocycles. The zero-order chi connectivity index (χ0) is 11.7. The minimum Gasteiger partial charge on any atom is -0.374 e. The Labute approximate surface area is 98.4 Å². The molecule has 1 aromatic heterocycles. The summed E-state index contributed by atoms with van der Waals surface area (Å²) >= 11 is 1.12. The molecular weight excluding hydrogens is 224 g/mol. The number of nitrogens with zero attached hydrogens (tertiary/aromatic N) is 2. The molecule has 0 aliphatic heterocycles. The van der Waals surface area contributed by atoms with Crippen LogP contribution < -0.4 is 11.1 Å². The summed E-state index contributed by atoms with van der Waals surface area (Å²) < 4.78 is 0. The molecule has 1 aliphatic rings. The quantitative estimate of drug-likeness (QED) is 0.816. The SMILES string of the molecule is CC1CCC(NC(=O)c2nnc(N)s2)C1C. The highest BCUT2D eigenvalue weighted by atomic mass is 32.1. The maximum Gasteiger partial charge on any atom is 0.282 e. The molecule has 2 rings (SSSR count). The summed E-state index contributed by atoms with van der Waals surface area (Å²) in [5.74, 6) is 1.04. The van der Waals surface area contributed by atoms with E-state index in [4.69, 9.17) is 5.73 Å². The summed E-state index contributed by atoms with van der Waals surface area (Å²) in [5.41, 5.74) is 5.44. The van der Waals surface area contributed by atoms with Crippen molar-refractivity contribution in [3.8, 4) is 0 Å². The monoisotopic (exact) mass is 240 g/mol. The van der Waals surface area contributed by atoms with Gasteiger partial charge in [0.1, 0.15) is 0 Å². The Morgan fingerprint density at radius 3 is 2.69 bits per heavy atom. The molecule has 0 bridgehead atoms. The van der Waals surface area contributed by atoms with Gasteiger partial charge >= 0.3 is 0 Å². The molecule has 1 aliphatic carbocycles. The molecule has 1 aromatic rings. The second-order valence-electron chi connectivity index (χ2n) is 4.44. The van der Waals surface area contributed by atoms with E-state index in [1.165, 1.54) is 6.42 Å². The van der Waals surface area contributed by atoms with Crippen LogP contribution >= 0.6 is 11.3 Å². The van der Waals surface area contributed by atoms with Crippen LogP contribution in [0.3, 0.4) is 0 Å². The van der Waals surface area contributed by atoms with Gasteiger partial charge in [0, 0.05) is 6.04 Å². The van der Waals surface area contributed by atoms with Crippen molar-refractivity contribution >= 4 is 22.4 Å². The summed E-state index contributed by atoms with van der Waals surface area (Å²) in [4.78, 5) is 11.8. The number of carbonyl (C=O) groups is 1. The van der Waals surface area contributed by atoms with Gasteiger partial charge < -0.3 is 11.1 Å². The summed E-state index contributed by atoms with van der Waals surface area (Å²) in [6.45, 7) is 4.40. The number of nitrogens with two attached hydrogens (primary N) is 1. The lowest BCUT2D eigenvalue weighted by molar-refractivity contribution is 0.0926. The van der Waals surface area contributed by atoms with Crippen LogP contribution in [0.25, 0.3) is 0 Å². The molecule has 5 nitrogen and oxygen atoms in total. The van der Waals surface area contributed by atoms with Gasteiger partial charge in [-0.3, -0.25) is 4.79 Å². The van der Waals surface area contributed by atoms with Crippen LogP contribution in [-0.4, -0.2) is 22.1 Å². The van der Waals surface area contributed by atoms with E-state index in [2.05, 4.69) is 29.4 Å². The lowest BCUT2D eigenvalue weighted by Gasteiger charge is -2.18. The second kappa shape index (κ2) is 4.37. The van der Waals surface area contributed by atoms with Crippen molar-refractivity contribution in [3.05, 3.63) is 5.01 Å². The van der Waals surface area contributed by atoms with Gasteiger partial charge in [-0.05, 0) is 24.7 Å². The van der Waals surface area contributed by atoms with Crippen LogP contribution in [0.4, 0.5) is 5.13 Å². The Kier molecular flexibility index (Phi) is 3.09. The van der Waals surface area contributed by atoms with E-state index in [1.807, 2.05) is 0 Å². The van der Waals surface area contributed by atoms with E-state index in [-0.39, 0.29) is 11.9 Å². The standard InChI is InChI=1S/C10H16N4OS/c1-5-3-4-7(6(5)2)12-8(15)9-13-14-10(11)16-9/h5-7H,3-4H2,1-2H3,(H2,11,14)(H,12,15). The Hall–Kier alpha value is -1.17. The van der Waals surface area contributed by atoms with Crippen LogP contribution in [0.1, 0.15) is 36.5 Å². The lowest BCUT2D eigenvalue weighted by Crippen LogP contribution is -2.37. The van der Waals surface area contributed by atoms with Gasteiger partial charge in [0.25, 0.3) is 5.91 Å². The zero-order valence-corrected chi connectivity index (χ0v) is 10.3. The van der Waals surface area contributed by atoms with Crippen LogP contribution in [-0.2, 0) is 0 Å². The zero-order valence-electron chi connectivity index (χ0n) is 9.43. The van der Waals surface area contributed by atoms with Crippen LogP contribution in [0, 0.1) is 11.8 Å². The molecule has 88 valence electrons. The van der Waals surface area contributed by atoms with Crippen molar-refractivity contribution in [1.29, 1.82) is 0 Å². The first-order valence-corrected chi connectivity index (χ1v) is 6.29. The first-order chi connectivity index (χ1) is 7.58. The summed E-state index contributed by atoms with van der Waals surface area (Å²) in [6.07, 6.45) is 2.22. The number of anilines is 1. The molecule has 6 heteroatoms. The Bertz CT molecular complexity index is 392. The van der Waals surface area contributed by atoms with E-state index >= 15 is 0 Å². The minimum absolute atomic E-state index is 0.153. The fourth-order valence-electron chi connectivity index (χ4n) is 2.12. The number of hydrogen-bond donors (Lipinski definition) is 2. The van der Waals surface area contributed by atoms with Gasteiger partial charge in [-0.2, -0.15) is 0 Å². The van der Waals surface area contributed by atoms with Gasteiger partial charge in [0.15, 0.2) is 0 Å². The van der Waals surface area contributed by atoms with Crippen molar-refractivity contribution in [2.45, 2.75) is 32.7 Å². The van der Waals surface area contributed by atoms with Crippen molar-refractivity contribution in [2.24, 2.45) is 11.8 Å². The molecular formula is C10H16N4OS. The predicted molar refractivity (Wildman–Crippen MR) is 63.1 cm³/mol. The number of hydrogen-bond acceptors (Lipinski definition) is 5. The summed E-state index contributed by atoms with van der Waals surface area (Å²) in [6, 6.07) is 0.257. The van der Waals surface area contributed by atoms with Gasteiger partial charge in [-0.25, -0.2) is 0 Å². The third-order valence-corrected chi connectivity index (χ3v) is 4.17. The highest BCUT2D eigenvalue weighted by Gasteiger charge is 2.31. The van der Waals surface area contributed by atoms with E-state index < -0.39 is 0 Å². The van der Waals surface area contributed by atoms with Crippen LogP contribution in [0.15, 0.2) is 0 Å². The van der Waals surface area contributed by atoms with Gasteiger partial charge in [0.05, 0.1) is 0 Å². The molecule has 3 atom stereocenters. The number of aromatic nitrogens is 2. The largest absolute Gasteiger partial charge is 0.374 e. The fraction of sp³-hybridized carbons (Fsp3) is 0.700. The van der Waals surface area contributed by atoms with Crippen molar-refractivity contribution in [3.63, 3.8) is 0 Å². The van der Waals surface area contributed by atoms with Gasteiger partial charge in [0.2, 0.25) is 10.1 Å². The lowest BCUT2D eigenvalue weighted by atomic mass is 9.98. The number of nitrogen functional groups attached to an aromatic ring is 1. The van der Waals surface area contributed by atoms with Crippen molar-refractivity contribution < 1.29 is 4.79 Å². The number of rotatable bonds is 2. The minimum atomic E-state index is -0.153. The third-order valence-electron chi connectivity index (χ3n) is 3.42. The molecule has 3 N–H and O–H groups in total. The summed E-state index contributed by atoms with van der Waals surface area (Å²) in [5, 5.41) is 11.0. The third kappa shape index (κ3) is 2.16. The van der Waals surface area contributed by atoms with E-state index in [0.29, 0.717) is 22.0 Å². The van der Waals surface area contributed by atoms with E-state index in [9.17, 15) is 4.79 Å². The number of carbonyl (C=O) groups excluding carboxylic acids is 1. The highest BCUT2D eigenvalue weighted by Crippen LogP contribution is 2.31. The first kappa shape index (κ1) is 11.3. The maximum atomic E-state index is 11.8. The molecule has 3 unspecified atom stereocenters. The molecule has 0 spiro atoms. The molecule has 0 radical (unpaired) electrons. The molecule has 16 heavy (non-hydrogen) atoms. The second-order valence-corrected chi connectivity index (χ2v) is 5.45. The van der Waals surface area contributed by atoms with Crippen LogP contribution in [0.5, 0.6) is 0 Å². The Morgan fingerprint density at radius 1 is 1.44 bits per heavy atom. The number of nitrogens with one attached hydrogen (secondary N) is 1. The normalized spacial score (nSPS) is 29.2. The number of amides is 1. The maximum absolute atomic E-state index is 11.8. The smallest absolute Gasteiger partial charge is 0.282 e. The van der Waals surface area contributed by atoms with Gasteiger partial charge in [-0.1, -0.05) is 25.2 Å². The Balaban J connectivity index is 1.98. The van der Waals surface area contributed by atoms with Crippen LogP contribution in [0.2, 0.25) is 0 Å². The molecule has 1 fully saturated rings. The molecule has 1 amide bonds. The fourth-order valence-corrected chi connectivity index (χ4v) is 2.64. The Morgan fingerprint density at radius 2 is 2.19 bits per heavy atom. The molecule has 1 saturated carbocycles. The topological polar surface area (TPSA) is 80.9 Å². The average Bonchev–Trinajstić information content (AvgIpc) is 2.79. The first-order valence-electron chi connectivity index (χ1n) is 5.47. The average molecular weight is 240 g/mol. The summed E-state index contributed by atoms with van der Waals surface area (Å²) in [7, 11) is 0. The van der Waals surface area contributed by atoms with E-state index in [0.717, 1.165) is 17.8 Å².